The minimum Gasteiger partial charge on any atom is -0.392 e. The fraction of sp³-hybridized carbons (Fsp3) is 0.583. The van der Waals surface area contributed by atoms with Crippen molar-refractivity contribution in [2.45, 2.75) is 25.4 Å². The molecule has 4 atom stereocenters. The molecule has 1 heterocycles. The maximum absolute atomic E-state index is 10.2. The fourth-order valence-corrected chi connectivity index (χ4v) is 2.16. The summed E-state index contributed by atoms with van der Waals surface area (Å²) in [6, 6.07) is 5.76. The Bertz CT molecular complexity index is 315. The summed E-state index contributed by atoms with van der Waals surface area (Å²) in [6.45, 7) is 2.63. The molecule has 0 bridgehead atoms. The van der Waals surface area contributed by atoms with E-state index in [-0.39, 0.29) is 12.0 Å². The Labute approximate surface area is 90.3 Å². The zero-order valence-corrected chi connectivity index (χ0v) is 9.00. The molecule has 1 fully saturated rings. The number of rotatable bonds is 4. The molecule has 1 aromatic rings. The quantitative estimate of drug-likeness (QED) is 0.776. The number of aliphatic hydroxyl groups is 1. The van der Waals surface area contributed by atoms with E-state index in [0.717, 1.165) is 12.1 Å². The minimum atomic E-state index is -0.333. The van der Waals surface area contributed by atoms with E-state index >= 15 is 0 Å². The van der Waals surface area contributed by atoms with Gasteiger partial charge in [-0.25, -0.2) is 0 Å². The zero-order valence-electron chi connectivity index (χ0n) is 9.00. The second-order valence-corrected chi connectivity index (χ2v) is 4.46. The van der Waals surface area contributed by atoms with Gasteiger partial charge in [0.15, 0.2) is 0 Å². The van der Waals surface area contributed by atoms with Crippen LogP contribution in [0.15, 0.2) is 24.4 Å². The Morgan fingerprint density at radius 2 is 2.33 bits per heavy atom. The standard InChI is InChI=1S/C12H18N2O/c1-8-6-9(8)12(15)10(7-13)11-4-2-3-5-14-11/h2-5,8-10,12,15H,6-7,13H2,1H3. The molecule has 4 unspecified atom stereocenters. The van der Waals surface area contributed by atoms with Crippen molar-refractivity contribution in [3.63, 3.8) is 0 Å². The number of hydrogen-bond acceptors (Lipinski definition) is 3. The Hall–Kier alpha value is -0.930. The molecule has 0 aliphatic heterocycles. The van der Waals surface area contributed by atoms with Crippen LogP contribution in [0.5, 0.6) is 0 Å². The molecule has 2 rings (SSSR count). The van der Waals surface area contributed by atoms with Crippen molar-refractivity contribution in [2.75, 3.05) is 6.54 Å². The lowest BCUT2D eigenvalue weighted by atomic mass is 9.94. The lowest BCUT2D eigenvalue weighted by molar-refractivity contribution is 0.116. The molecule has 15 heavy (non-hydrogen) atoms. The van der Waals surface area contributed by atoms with Crippen molar-refractivity contribution in [1.82, 2.24) is 4.98 Å². The van der Waals surface area contributed by atoms with Gasteiger partial charge in [0, 0.05) is 24.4 Å². The highest BCUT2D eigenvalue weighted by Crippen LogP contribution is 2.44. The summed E-state index contributed by atoms with van der Waals surface area (Å²) in [4.78, 5) is 4.27. The normalized spacial score (nSPS) is 28.5. The summed E-state index contributed by atoms with van der Waals surface area (Å²) in [5.74, 6) is 1.04. The molecule has 3 heteroatoms. The molecule has 0 spiro atoms. The van der Waals surface area contributed by atoms with Gasteiger partial charge < -0.3 is 10.8 Å². The zero-order chi connectivity index (χ0) is 10.8. The van der Waals surface area contributed by atoms with E-state index in [0.29, 0.717) is 18.4 Å². The van der Waals surface area contributed by atoms with Crippen LogP contribution in [-0.4, -0.2) is 22.7 Å². The number of aliphatic hydroxyl groups excluding tert-OH is 1. The molecule has 1 aliphatic carbocycles. The highest BCUT2D eigenvalue weighted by molar-refractivity contribution is 5.13. The largest absolute Gasteiger partial charge is 0.392 e. The third kappa shape index (κ3) is 2.19. The summed E-state index contributed by atoms with van der Waals surface area (Å²) in [7, 11) is 0. The molecule has 0 saturated heterocycles. The predicted molar refractivity (Wildman–Crippen MR) is 59.3 cm³/mol. The van der Waals surface area contributed by atoms with Crippen LogP contribution >= 0.6 is 0 Å². The van der Waals surface area contributed by atoms with Gasteiger partial charge in [0.2, 0.25) is 0 Å². The molecule has 0 amide bonds. The van der Waals surface area contributed by atoms with Gasteiger partial charge in [-0.1, -0.05) is 13.0 Å². The first-order valence-corrected chi connectivity index (χ1v) is 5.53. The van der Waals surface area contributed by atoms with Crippen LogP contribution in [0.3, 0.4) is 0 Å². The molecule has 1 saturated carbocycles. The Kier molecular flexibility index (Phi) is 3.03. The maximum atomic E-state index is 10.2. The van der Waals surface area contributed by atoms with Crippen molar-refractivity contribution >= 4 is 0 Å². The van der Waals surface area contributed by atoms with E-state index < -0.39 is 0 Å². The first-order valence-electron chi connectivity index (χ1n) is 5.53. The van der Waals surface area contributed by atoms with Gasteiger partial charge in [-0.3, -0.25) is 4.98 Å². The molecular weight excluding hydrogens is 188 g/mol. The predicted octanol–water partition coefficient (Wildman–Crippen LogP) is 1.14. The van der Waals surface area contributed by atoms with E-state index in [1.807, 2.05) is 18.2 Å². The van der Waals surface area contributed by atoms with Crippen molar-refractivity contribution in [1.29, 1.82) is 0 Å². The number of pyridine rings is 1. The Morgan fingerprint density at radius 3 is 2.80 bits per heavy atom. The number of aromatic nitrogens is 1. The molecule has 1 aliphatic rings. The van der Waals surface area contributed by atoms with Gasteiger partial charge in [-0.2, -0.15) is 0 Å². The lowest BCUT2D eigenvalue weighted by Gasteiger charge is -2.20. The minimum absolute atomic E-state index is 0.0128. The molecule has 0 aromatic carbocycles. The van der Waals surface area contributed by atoms with Gasteiger partial charge >= 0.3 is 0 Å². The highest BCUT2D eigenvalue weighted by Gasteiger charge is 2.42. The average Bonchev–Trinajstić information content (AvgIpc) is 2.98. The van der Waals surface area contributed by atoms with Crippen molar-refractivity contribution in [3.8, 4) is 0 Å². The Balaban J connectivity index is 2.10. The van der Waals surface area contributed by atoms with Crippen LogP contribution in [-0.2, 0) is 0 Å². The topological polar surface area (TPSA) is 59.1 Å². The SMILES string of the molecule is CC1CC1C(O)C(CN)c1ccccn1. The van der Waals surface area contributed by atoms with E-state index in [9.17, 15) is 5.11 Å². The third-order valence-electron chi connectivity index (χ3n) is 3.34. The molecular formula is C12H18N2O. The van der Waals surface area contributed by atoms with Crippen LogP contribution in [0.2, 0.25) is 0 Å². The summed E-state index contributed by atoms with van der Waals surface area (Å²) >= 11 is 0. The highest BCUT2D eigenvalue weighted by atomic mass is 16.3. The van der Waals surface area contributed by atoms with Crippen molar-refractivity contribution in [2.24, 2.45) is 17.6 Å². The van der Waals surface area contributed by atoms with Crippen molar-refractivity contribution in [3.05, 3.63) is 30.1 Å². The second kappa shape index (κ2) is 4.29. The van der Waals surface area contributed by atoms with E-state index in [2.05, 4.69) is 11.9 Å². The smallest absolute Gasteiger partial charge is 0.0666 e. The first kappa shape index (κ1) is 10.6. The number of hydrogen-bond donors (Lipinski definition) is 2. The average molecular weight is 206 g/mol. The fourth-order valence-electron chi connectivity index (χ4n) is 2.16. The van der Waals surface area contributed by atoms with E-state index in [1.54, 1.807) is 6.20 Å². The Morgan fingerprint density at radius 1 is 1.60 bits per heavy atom. The van der Waals surface area contributed by atoms with Crippen LogP contribution in [0.4, 0.5) is 0 Å². The summed E-state index contributed by atoms with van der Waals surface area (Å²) in [5.41, 5.74) is 6.63. The molecule has 0 radical (unpaired) electrons. The molecule has 1 aromatic heterocycles. The molecule has 3 N–H and O–H groups in total. The van der Waals surface area contributed by atoms with Gasteiger partial charge in [-0.05, 0) is 30.4 Å². The third-order valence-corrected chi connectivity index (χ3v) is 3.34. The molecule has 82 valence electrons. The number of nitrogens with zero attached hydrogens (tertiary/aromatic N) is 1. The van der Waals surface area contributed by atoms with Crippen molar-refractivity contribution < 1.29 is 5.11 Å². The number of nitrogens with two attached hydrogens (primary N) is 1. The van der Waals surface area contributed by atoms with Crippen LogP contribution in [0.1, 0.15) is 25.0 Å². The summed E-state index contributed by atoms with van der Waals surface area (Å²) in [6.07, 6.45) is 2.53. The van der Waals surface area contributed by atoms with Gasteiger partial charge in [0.05, 0.1) is 6.10 Å². The monoisotopic (exact) mass is 206 g/mol. The van der Waals surface area contributed by atoms with Gasteiger partial charge in [0.1, 0.15) is 0 Å². The maximum Gasteiger partial charge on any atom is 0.0666 e. The summed E-state index contributed by atoms with van der Waals surface area (Å²) < 4.78 is 0. The van der Waals surface area contributed by atoms with Crippen LogP contribution in [0, 0.1) is 11.8 Å². The van der Waals surface area contributed by atoms with Crippen LogP contribution in [0.25, 0.3) is 0 Å². The second-order valence-electron chi connectivity index (χ2n) is 4.46. The summed E-state index contributed by atoms with van der Waals surface area (Å²) in [5, 5.41) is 10.2. The lowest BCUT2D eigenvalue weighted by Crippen LogP contribution is -2.28. The molecule has 3 nitrogen and oxygen atoms in total. The van der Waals surface area contributed by atoms with E-state index in [4.69, 9.17) is 5.73 Å². The van der Waals surface area contributed by atoms with Gasteiger partial charge in [-0.15, -0.1) is 0 Å². The van der Waals surface area contributed by atoms with Crippen LogP contribution < -0.4 is 5.73 Å². The first-order chi connectivity index (χ1) is 7.24. The van der Waals surface area contributed by atoms with Gasteiger partial charge in [0.25, 0.3) is 0 Å². The van der Waals surface area contributed by atoms with E-state index in [1.165, 1.54) is 0 Å².